The van der Waals surface area contributed by atoms with E-state index in [1.165, 1.54) is 15.3 Å². The number of rotatable bonds is 3. The third-order valence-corrected chi connectivity index (χ3v) is 5.27. The van der Waals surface area contributed by atoms with Crippen LogP contribution in [0.4, 0.5) is 11.6 Å². The van der Waals surface area contributed by atoms with Crippen LogP contribution in [0.3, 0.4) is 0 Å². The Labute approximate surface area is 162 Å². The van der Waals surface area contributed by atoms with Crippen molar-refractivity contribution in [1.82, 2.24) is 14.6 Å². The molecule has 5 rings (SSSR count). The van der Waals surface area contributed by atoms with Crippen LogP contribution in [-0.4, -0.2) is 46.0 Å². The van der Waals surface area contributed by atoms with Crippen LogP contribution in [0.1, 0.15) is 11.1 Å². The van der Waals surface area contributed by atoms with Crippen LogP contribution in [0.25, 0.3) is 16.4 Å². The first-order valence-corrected chi connectivity index (χ1v) is 9.37. The number of aromatic nitrogens is 3. The van der Waals surface area contributed by atoms with Gasteiger partial charge < -0.3 is 20.5 Å². The van der Waals surface area contributed by atoms with Crippen molar-refractivity contribution in [1.29, 1.82) is 0 Å². The SMILES string of the molecule is Nc1nn2c(O)cc(N3CCOCC3)nc2c1Cc1cccc2ccccc12. The first kappa shape index (κ1) is 16.8. The summed E-state index contributed by atoms with van der Waals surface area (Å²) in [6, 6.07) is 16.1. The van der Waals surface area contributed by atoms with E-state index in [1.54, 1.807) is 6.07 Å². The van der Waals surface area contributed by atoms with E-state index in [-0.39, 0.29) is 5.88 Å². The molecule has 28 heavy (non-hydrogen) atoms. The number of anilines is 2. The molecule has 0 radical (unpaired) electrons. The molecular weight excluding hydrogens is 354 g/mol. The fourth-order valence-electron chi connectivity index (χ4n) is 3.81. The van der Waals surface area contributed by atoms with E-state index in [0.717, 1.165) is 24.2 Å². The van der Waals surface area contributed by atoms with Crippen LogP contribution in [0, 0.1) is 0 Å². The van der Waals surface area contributed by atoms with E-state index in [2.05, 4.69) is 34.3 Å². The van der Waals surface area contributed by atoms with Crippen molar-refractivity contribution in [2.75, 3.05) is 36.9 Å². The number of nitrogen functional groups attached to an aromatic ring is 1. The molecule has 2 aromatic heterocycles. The second kappa shape index (κ2) is 6.69. The minimum Gasteiger partial charge on any atom is -0.493 e. The number of hydrogen-bond acceptors (Lipinski definition) is 6. The molecule has 1 aliphatic heterocycles. The van der Waals surface area contributed by atoms with Gasteiger partial charge in [0.25, 0.3) is 0 Å². The van der Waals surface area contributed by atoms with Gasteiger partial charge in [-0.3, -0.25) is 0 Å². The zero-order valence-corrected chi connectivity index (χ0v) is 15.4. The highest BCUT2D eigenvalue weighted by atomic mass is 16.5. The van der Waals surface area contributed by atoms with Gasteiger partial charge in [-0.25, -0.2) is 4.98 Å². The summed E-state index contributed by atoms with van der Waals surface area (Å²) < 4.78 is 6.83. The molecule has 0 unspecified atom stereocenters. The first-order chi connectivity index (χ1) is 13.7. The van der Waals surface area contributed by atoms with Crippen molar-refractivity contribution in [3.8, 4) is 5.88 Å². The molecule has 4 aromatic rings. The maximum absolute atomic E-state index is 10.5. The van der Waals surface area contributed by atoms with Crippen molar-refractivity contribution >= 4 is 28.1 Å². The fourth-order valence-corrected chi connectivity index (χ4v) is 3.81. The Bertz CT molecular complexity index is 1160. The molecule has 0 spiro atoms. The molecular formula is C21H21N5O2. The van der Waals surface area contributed by atoms with Crippen LogP contribution in [0.5, 0.6) is 5.88 Å². The van der Waals surface area contributed by atoms with Gasteiger partial charge in [0.05, 0.1) is 13.2 Å². The summed E-state index contributed by atoms with van der Waals surface area (Å²) in [5.74, 6) is 1.13. The van der Waals surface area contributed by atoms with E-state index in [1.807, 2.05) is 18.2 Å². The summed E-state index contributed by atoms with van der Waals surface area (Å²) in [7, 11) is 0. The molecule has 7 nitrogen and oxygen atoms in total. The summed E-state index contributed by atoms with van der Waals surface area (Å²) in [6.07, 6.45) is 0.593. The van der Waals surface area contributed by atoms with Gasteiger partial charge in [0.1, 0.15) is 5.82 Å². The molecule has 7 heteroatoms. The average molecular weight is 375 g/mol. The summed E-state index contributed by atoms with van der Waals surface area (Å²) >= 11 is 0. The smallest absolute Gasteiger partial charge is 0.217 e. The predicted molar refractivity (Wildman–Crippen MR) is 109 cm³/mol. The van der Waals surface area contributed by atoms with Crippen LogP contribution in [-0.2, 0) is 11.2 Å². The molecule has 3 N–H and O–H groups in total. The van der Waals surface area contributed by atoms with Gasteiger partial charge in [0.15, 0.2) is 11.5 Å². The Balaban J connectivity index is 1.62. The van der Waals surface area contributed by atoms with Crippen molar-refractivity contribution in [2.24, 2.45) is 0 Å². The largest absolute Gasteiger partial charge is 0.493 e. The standard InChI is InChI=1S/C21H21N5O2/c22-20-17(12-15-6-3-5-14-4-1-2-7-16(14)15)21-23-18(13-19(27)26(21)24-20)25-8-10-28-11-9-25/h1-7,13,27H,8-12H2,(H2,22,24). The minimum atomic E-state index is 0.0300. The third kappa shape index (κ3) is 2.80. The third-order valence-electron chi connectivity index (χ3n) is 5.27. The van der Waals surface area contributed by atoms with Gasteiger partial charge >= 0.3 is 0 Å². The quantitative estimate of drug-likeness (QED) is 0.572. The van der Waals surface area contributed by atoms with Gasteiger partial charge in [-0.15, -0.1) is 5.10 Å². The second-order valence-corrected chi connectivity index (χ2v) is 6.99. The molecule has 142 valence electrons. The van der Waals surface area contributed by atoms with Crippen molar-refractivity contribution in [2.45, 2.75) is 6.42 Å². The van der Waals surface area contributed by atoms with E-state index in [0.29, 0.717) is 36.9 Å². The second-order valence-electron chi connectivity index (χ2n) is 6.99. The van der Waals surface area contributed by atoms with E-state index in [9.17, 15) is 5.11 Å². The van der Waals surface area contributed by atoms with Crippen molar-refractivity contribution in [3.63, 3.8) is 0 Å². The Hall–Kier alpha value is -3.32. The number of fused-ring (bicyclic) bond motifs is 2. The van der Waals surface area contributed by atoms with Gasteiger partial charge in [-0.1, -0.05) is 42.5 Å². The zero-order chi connectivity index (χ0) is 19.1. The number of nitrogens with zero attached hydrogens (tertiary/aromatic N) is 4. The highest BCUT2D eigenvalue weighted by molar-refractivity contribution is 5.86. The molecule has 1 saturated heterocycles. The lowest BCUT2D eigenvalue weighted by Crippen LogP contribution is -2.36. The van der Waals surface area contributed by atoms with Gasteiger partial charge in [0, 0.05) is 31.1 Å². The number of hydrogen-bond donors (Lipinski definition) is 2. The Morgan fingerprint density at radius 2 is 1.86 bits per heavy atom. The summed E-state index contributed by atoms with van der Waals surface area (Å²) in [4.78, 5) is 6.89. The number of morpholine rings is 1. The molecule has 0 aliphatic carbocycles. The lowest BCUT2D eigenvalue weighted by Gasteiger charge is -2.27. The van der Waals surface area contributed by atoms with Crippen LogP contribution < -0.4 is 10.6 Å². The topological polar surface area (TPSA) is 88.9 Å². The molecule has 0 atom stereocenters. The Kier molecular flexibility index (Phi) is 4.02. The molecule has 2 aromatic carbocycles. The molecule has 3 heterocycles. The number of nitrogens with two attached hydrogens (primary N) is 1. The van der Waals surface area contributed by atoms with E-state index >= 15 is 0 Å². The van der Waals surface area contributed by atoms with Gasteiger partial charge in [-0.05, 0) is 16.3 Å². The van der Waals surface area contributed by atoms with Gasteiger partial charge in [-0.2, -0.15) is 4.52 Å². The zero-order valence-electron chi connectivity index (χ0n) is 15.4. The Morgan fingerprint density at radius 1 is 1.07 bits per heavy atom. The normalized spacial score (nSPS) is 14.8. The monoisotopic (exact) mass is 375 g/mol. The van der Waals surface area contributed by atoms with E-state index in [4.69, 9.17) is 15.5 Å². The summed E-state index contributed by atoms with van der Waals surface area (Å²) in [5, 5.41) is 17.2. The molecule has 0 saturated carbocycles. The van der Waals surface area contributed by atoms with Gasteiger partial charge in [0.2, 0.25) is 5.88 Å². The minimum absolute atomic E-state index is 0.0300. The van der Waals surface area contributed by atoms with Crippen LogP contribution in [0.2, 0.25) is 0 Å². The van der Waals surface area contributed by atoms with Crippen molar-refractivity contribution in [3.05, 3.63) is 59.7 Å². The maximum atomic E-state index is 10.5. The maximum Gasteiger partial charge on any atom is 0.217 e. The molecule has 0 bridgehead atoms. The summed E-state index contributed by atoms with van der Waals surface area (Å²) in [6.45, 7) is 2.78. The van der Waals surface area contributed by atoms with Crippen LogP contribution in [0.15, 0.2) is 48.5 Å². The predicted octanol–water partition coefficient (Wildman–Crippen LogP) is 2.60. The number of ether oxygens (including phenoxy) is 1. The van der Waals surface area contributed by atoms with E-state index < -0.39 is 0 Å². The molecule has 1 aliphatic rings. The fraction of sp³-hybridized carbons (Fsp3) is 0.238. The molecule has 1 fully saturated rings. The highest BCUT2D eigenvalue weighted by Crippen LogP contribution is 2.29. The number of aromatic hydroxyl groups is 1. The molecule has 0 amide bonds. The summed E-state index contributed by atoms with van der Waals surface area (Å²) in [5.41, 5.74) is 8.79. The average Bonchev–Trinajstić information content (AvgIpc) is 3.05. The van der Waals surface area contributed by atoms with Crippen LogP contribution >= 0.6 is 0 Å². The lowest BCUT2D eigenvalue weighted by atomic mass is 9.99. The highest BCUT2D eigenvalue weighted by Gasteiger charge is 2.20. The van der Waals surface area contributed by atoms with Crippen molar-refractivity contribution < 1.29 is 9.84 Å². The Morgan fingerprint density at radius 3 is 2.71 bits per heavy atom. The lowest BCUT2D eigenvalue weighted by molar-refractivity contribution is 0.122. The first-order valence-electron chi connectivity index (χ1n) is 9.37. The number of benzene rings is 2.